The topological polar surface area (TPSA) is 108 Å². The molecule has 10 heteroatoms. The molecule has 0 spiro atoms. The van der Waals surface area contributed by atoms with Gasteiger partial charge >= 0.3 is 0 Å². The Balaban J connectivity index is 1.45. The van der Waals surface area contributed by atoms with Crippen molar-refractivity contribution < 1.29 is 14.3 Å². The van der Waals surface area contributed by atoms with Crippen LogP contribution < -0.4 is 10.1 Å². The van der Waals surface area contributed by atoms with Crippen molar-refractivity contribution in [2.45, 2.75) is 31.4 Å². The van der Waals surface area contributed by atoms with Gasteiger partial charge in [-0.1, -0.05) is 0 Å². The molecule has 4 aromatic heterocycles. The van der Waals surface area contributed by atoms with Crippen LogP contribution in [0.15, 0.2) is 43.2 Å². The number of fused-ring (bicyclic) bond motifs is 1. The maximum absolute atomic E-state index is 12.1. The van der Waals surface area contributed by atoms with Crippen LogP contribution in [0.5, 0.6) is 5.88 Å². The highest BCUT2D eigenvalue weighted by Crippen LogP contribution is 2.37. The monoisotopic (exact) mass is 445 g/mol. The van der Waals surface area contributed by atoms with Crippen LogP contribution in [0, 0.1) is 0 Å². The molecule has 2 aliphatic rings. The van der Waals surface area contributed by atoms with Crippen molar-refractivity contribution in [1.82, 2.24) is 34.7 Å². The van der Waals surface area contributed by atoms with Crippen LogP contribution >= 0.6 is 0 Å². The molecule has 1 amide bonds. The fraction of sp³-hybridized carbons (Fsp3) is 0.348. The van der Waals surface area contributed by atoms with Crippen LogP contribution in [-0.4, -0.2) is 61.6 Å². The molecule has 10 nitrogen and oxygen atoms in total. The molecular weight excluding hydrogens is 422 g/mol. The Morgan fingerprint density at radius 2 is 2.00 bits per heavy atom. The molecule has 1 saturated carbocycles. The van der Waals surface area contributed by atoms with Gasteiger partial charge in [0, 0.05) is 54.9 Å². The number of hydrogen-bond donors (Lipinski definition) is 1. The van der Waals surface area contributed by atoms with E-state index >= 15 is 0 Å². The van der Waals surface area contributed by atoms with Crippen LogP contribution in [0.1, 0.15) is 35.7 Å². The highest BCUT2D eigenvalue weighted by molar-refractivity contribution is 5.95. The van der Waals surface area contributed by atoms with E-state index in [1.807, 2.05) is 23.3 Å². The average molecular weight is 445 g/mol. The third kappa shape index (κ3) is 3.72. The van der Waals surface area contributed by atoms with Gasteiger partial charge in [-0.15, -0.1) is 0 Å². The summed E-state index contributed by atoms with van der Waals surface area (Å²) in [6, 6.07) is 2.27. The van der Waals surface area contributed by atoms with Gasteiger partial charge in [-0.25, -0.2) is 4.52 Å². The zero-order valence-electron chi connectivity index (χ0n) is 18.1. The minimum Gasteiger partial charge on any atom is -0.471 e. The average Bonchev–Trinajstić information content (AvgIpc) is 3.22. The van der Waals surface area contributed by atoms with E-state index in [2.05, 4.69) is 20.5 Å². The van der Waals surface area contributed by atoms with Gasteiger partial charge in [-0.2, -0.15) is 15.2 Å². The van der Waals surface area contributed by atoms with E-state index in [1.165, 1.54) is 6.20 Å². The molecular formula is C23H23N7O3. The van der Waals surface area contributed by atoms with Crippen LogP contribution in [-0.2, 0) is 4.74 Å². The first kappa shape index (κ1) is 19.9. The van der Waals surface area contributed by atoms with E-state index in [9.17, 15) is 4.79 Å². The van der Waals surface area contributed by atoms with Gasteiger partial charge < -0.3 is 14.8 Å². The summed E-state index contributed by atoms with van der Waals surface area (Å²) in [5.74, 6) is 0.319. The van der Waals surface area contributed by atoms with Gasteiger partial charge in [0.15, 0.2) is 5.65 Å². The van der Waals surface area contributed by atoms with E-state index < -0.39 is 0 Å². The lowest BCUT2D eigenvalue weighted by atomic mass is 10.1. The van der Waals surface area contributed by atoms with E-state index in [1.54, 1.807) is 30.0 Å². The summed E-state index contributed by atoms with van der Waals surface area (Å²) in [7, 11) is 1.59. The van der Waals surface area contributed by atoms with Crippen molar-refractivity contribution in [3.05, 3.63) is 48.8 Å². The van der Waals surface area contributed by atoms with Crippen LogP contribution in [0.3, 0.4) is 0 Å². The second-order valence-electron chi connectivity index (χ2n) is 8.37. The van der Waals surface area contributed by atoms with E-state index in [4.69, 9.17) is 14.5 Å². The van der Waals surface area contributed by atoms with Crippen LogP contribution in [0.4, 0.5) is 0 Å². The zero-order chi connectivity index (χ0) is 22.4. The van der Waals surface area contributed by atoms with Crippen molar-refractivity contribution in [3.8, 4) is 28.1 Å². The van der Waals surface area contributed by atoms with Gasteiger partial charge in [0.05, 0.1) is 42.8 Å². The van der Waals surface area contributed by atoms with Gasteiger partial charge in [0.1, 0.15) is 6.10 Å². The summed E-state index contributed by atoms with van der Waals surface area (Å²) in [4.78, 5) is 21.2. The number of carbonyl (C=O) groups excluding carboxylic acids is 1. The predicted octanol–water partition coefficient (Wildman–Crippen LogP) is 2.52. The zero-order valence-corrected chi connectivity index (χ0v) is 18.1. The van der Waals surface area contributed by atoms with Gasteiger partial charge in [0.2, 0.25) is 5.88 Å². The lowest BCUT2D eigenvalue weighted by Crippen LogP contribution is -2.18. The molecule has 6 rings (SSSR count). The Morgan fingerprint density at radius 1 is 1.09 bits per heavy atom. The summed E-state index contributed by atoms with van der Waals surface area (Å²) in [5.41, 5.74) is 4.37. The Kier molecular flexibility index (Phi) is 4.79. The number of nitrogens with one attached hydrogen (secondary N) is 1. The van der Waals surface area contributed by atoms with Crippen LogP contribution in [0.25, 0.3) is 27.9 Å². The van der Waals surface area contributed by atoms with Gasteiger partial charge in [-0.3, -0.25) is 14.5 Å². The number of rotatable bonds is 6. The summed E-state index contributed by atoms with van der Waals surface area (Å²) in [6.45, 7) is 1.22. The number of hydrogen-bond acceptors (Lipinski definition) is 7. The third-order valence-corrected chi connectivity index (χ3v) is 6.00. The Morgan fingerprint density at radius 3 is 2.79 bits per heavy atom. The first-order valence-corrected chi connectivity index (χ1v) is 11.0. The minimum atomic E-state index is -0.200. The highest BCUT2D eigenvalue weighted by atomic mass is 16.5. The number of carbonyl (C=O) groups is 1. The van der Waals surface area contributed by atoms with Crippen molar-refractivity contribution in [2.24, 2.45) is 0 Å². The second-order valence-corrected chi connectivity index (χ2v) is 8.37. The molecule has 1 aliphatic carbocycles. The number of pyridine rings is 1. The quantitative estimate of drug-likeness (QED) is 0.486. The molecule has 0 bridgehead atoms. The summed E-state index contributed by atoms with van der Waals surface area (Å²) in [6.07, 6.45) is 13.9. The molecule has 2 fully saturated rings. The van der Waals surface area contributed by atoms with E-state index in [-0.39, 0.29) is 12.0 Å². The van der Waals surface area contributed by atoms with Crippen LogP contribution in [0.2, 0.25) is 0 Å². The summed E-state index contributed by atoms with van der Waals surface area (Å²) in [5, 5.41) is 11.7. The number of ether oxygens (including phenoxy) is 2. The number of amides is 1. The Bertz CT molecular complexity index is 1340. The summed E-state index contributed by atoms with van der Waals surface area (Å²) < 4.78 is 15.5. The minimum absolute atomic E-state index is 0.0539. The van der Waals surface area contributed by atoms with Crippen molar-refractivity contribution in [1.29, 1.82) is 0 Å². The maximum Gasteiger partial charge on any atom is 0.252 e. The second kappa shape index (κ2) is 7.96. The molecule has 1 aliphatic heterocycles. The molecule has 1 atom stereocenters. The van der Waals surface area contributed by atoms with Crippen molar-refractivity contribution in [2.75, 3.05) is 20.3 Å². The predicted molar refractivity (Wildman–Crippen MR) is 119 cm³/mol. The number of nitrogens with zero attached hydrogens (tertiary/aromatic N) is 6. The number of aromatic nitrogens is 6. The molecule has 1 N–H and O–H groups in total. The SMILES string of the molecule is CNC(=O)c1cncc(-c2cnn3cc(-c4cnn(C5CC5)c4)c(OC4CCOC4)nc23)c1. The largest absolute Gasteiger partial charge is 0.471 e. The molecule has 33 heavy (non-hydrogen) atoms. The highest BCUT2D eigenvalue weighted by Gasteiger charge is 2.26. The third-order valence-electron chi connectivity index (χ3n) is 6.00. The lowest BCUT2D eigenvalue weighted by molar-refractivity contribution is 0.0962. The fourth-order valence-corrected chi connectivity index (χ4v) is 4.02. The van der Waals surface area contributed by atoms with E-state index in [0.29, 0.717) is 36.3 Å². The Labute approximate surface area is 189 Å². The summed E-state index contributed by atoms with van der Waals surface area (Å²) >= 11 is 0. The molecule has 1 saturated heterocycles. The molecule has 4 aromatic rings. The molecule has 0 radical (unpaired) electrons. The van der Waals surface area contributed by atoms with Gasteiger partial charge in [-0.05, 0) is 18.9 Å². The van der Waals surface area contributed by atoms with Crippen molar-refractivity contribution >= 4 is 11.6 Å². The smallest absolute Gasteiger partial charge is 0.252 e. The van der Waals surface area contributed by atoms with Crippen molar-refractivity contribution in [3.63, 3.8) is 0 Å². The normalized spacial score (nSPS) is 18.0. The Hall–Kier alpha value is -3.79. The fourth-order valence-electron chi connectivity index (χ4n) is 4.02. The molecule has 5 heterocycles. The van der Waals surface area contributed by atoms with E-state index in [0.717, 1.165) is 41.5 Å². The maximum atomic E-state index is 12.1. The van der Waals surface area contributed by atoms with Gasteiger partial charge in [0.25, 0.3) is 5.91 Å². The lowest BCUT2D eigenvalue weighted by Gasteiger charge is -2.14. The molecule has 168 valence electrons. The first-order valence-electron chi connectivity index (χ1n) is 11.0. The molecule has 0 aromatic carbocycles. The first-order chi connectivity index (χ1) is 16.2. The standard InChI is InChI=1S/C23H23N7O3/c1-24-22(31)15-6-14(7-25-8-15)19-10-27-30-12-20(16-9-26-29(11-16)17-2-3-17)23(28-21(19)30)33-18-4-5-32-13-18/h6-12,17-18H,2-5,13H2,1H3,(H,24,31). The molecule has 1 unspecified atom stereocenters.